The second kappa shape index (κ2) is 6.33. The summed E-state index contributed by atoms with van der Waals surface area (Å²) in [6, 6.07) is 29.0. The van der Waals surface area contributed by atoms with E-state index < -0.39 is 0 Å². The molecule has 0 spiro atoms. The van der Waals surface area contributed by atoms with Crippen molar-refractivity contribution in [2.75, 3.05) is 0 Å². The molecular formula is C30H21N. The van der Waals surface area contributed by atoms with E-state index in [9.17, 15) is 0 Å². The molecule has 1 nitrogen and oxygen atoms in total. The molecule has 31 heavy (non-hydrogen) atoms. The van der Waals surface area contributed by atoms with Crippen molar-refractivity contribution >= 4 is 59.6 Å². The summed E-state index contributed by atoms with van der Waals surface area (Å²) in [6.07, 6.45) is 8.88. The average Bonchev–Trinajstić information content (AvgIpc) is 3.30. The summed E-state index contributed by atoms with van der Waals surface area (Å²) in [6.45, 7) is 0. The number of hydrogen-bond donors (Lipinski definition) is 1. The smallest absolute Gasteiger partial charge is 0.0551 e. The number of nitrogens with one attached hydrogen (secondary N) is 1. The van der Waals surface area contributed by atoms with E-state index in [0.29, 0.717) is 0 Å². The zero-order chi connectivity index (χ0) is 20.4. The number of aromatic nitrogens is 1. The summed E-state index contributed by atoms with van der Waals surface area (Å²) < 4.78 is 0. The number of H-pyrrole nitrogens is 1. The van der Waals surface area contributed by atoms with E-state index in [2.05, 4.69) is 102 Å². The van der Waals surface area contributed by atoms with Gasteiger partial charge in [-0.15, -0.1) is 0 Å². The van der Waals surface area contributed by atoms with Crippen LogP contribution < -0.4 is 0 Å². The van der Waals surface area contributed by atoms with Gasteiger partial charge in [0.1, 0.15) is 0 Å². The largest absolute Gasteiger partial charge is 0.354 e. The molecule has 1 heterocycles. The Balaban J connectivity index is 1.80. The first-order chi connectivity index (χ1) is 15.4. The van der Waals surface area contributed by atoms with Crippen molar-refractivity contribution in [2.24, 2.45) is 0 Å². The fourth-order valence-corrected chi connectivity index (χ4v) is 5.48. The van der Waals surface area contributed by atoms with E-state index in [0.717, 1.165) is 12.8 Å². The van der Waals surface area contributed by atoms with Crippen LogP contribution in [0.5, 0.6) is 0 Å². The molecule has 1 aromatic heterocycles. The van der Waals surface area contributed by atoms with Gasteiger partial charge in [-0.3, -0.25) is 0 Å². The Hall–Kier alpha value is -3.84. The van der Waals surface area contributed by atoms with Crippen LogP contribution in [0.3, 0.4) is 0 Å². The van der Waals surface area contributed by atoms with E-state index >= 15 is 0 Å². The summed E-state index contributed by atoms with van der Waals surface area (Å²) in [7, 11) is 0. The van der Waals surface area contributed by atoms with E-state index in [-0.39, 0.29) is 0 Å². The van der Waals surface area contributed by atoms with Gasteiger partial charge in [0.25, 0.3) is 0 Å². The Kier molecular flexibility index (Phi) is 3.45. The monoisotopic (exact) mass is 395 g/mol. The molecule has 0 atom stereocenters. The molecule has 146 valence electrons. The zero-order valence-corrected chi connectivity index (χ0v) is 17.2. The van der Waals surface area contributed by atoms with Gasteiger partial charge in [0.15, 0.2) is 0 Å². The molecule has 1 aliphatic rings. The highest BCUT2D eigenvalue weighted by atomic mass is 14.7. The van der Waals surface area contributed by atoms with Gasteiger partial charge in [0, 0.05) is 21.9 Å². The van der Waals surface area contributed by atoms with Crippen molar-refractivity contribution in [1.29, 1.82) is 0 Å². The predicted molar refractivity (Wildman–Crippen MR) is 135 cm³/mol. The summed E-state index contributed by atoms with van der Waals surface area (Å²) in [4.78, 5) is 3.86. The van der Waals surface area contributed by atoms with Crippen LogP contribution in [-0.2, 0) is 0 Å². The van der Waals surface area contributed by atoms with Crippen molar-refractivity contribution in [3.63, 3.8) is 0 Å². The van der Waals surface area contributed by atoms with E-state index in [4.69, 9.17) is 0 Å². The molecule has 1 N–H and O–H groups in total. The van der Waals surface area contributed by atoms with Gasteiger partial charge in [-0.2, -0.15) is 0 Å². The minimum atomic E-state index is 1.09. The minimum absolute atomic E-state index is 1.09. The van der Waals surface area contributed by atoms with Crippen LogP contribution in [0.4, 0.5) is 0 Å². The van der Waals surface area contributed by atoms with E-state index in [1.807, 2.05) is 0 Å². The first-order valence-corrected chi connectivity index (χ1v) is 11.0. The molecule has 7 rings (SSSR count). The zero-order valence-electron chi connectivity index (χ0n) is 17.2. The highest BCUT2D eigenvalue weighted by Crippen LogP contribution is 2.44. The predicted octanol–water partition coefficient (Wildman–Crippen LogP) is 8.51. The van der Waals surface area contributed by atoms with Gasteiger partial charge in [0.2, 0.25) is 0 Å². The van der Waals surface area contributed by atoms with Crippen LogP contribution in [0, 0.1) is 0 Å². The Morgan fingerprint density at radius 1 is 0.581 bits per heavy atom. The van der Waals surface area contributed by atoms with E-state index in [1.54, 1.807) is 0 Å². The Labute approximate surface area is 180 Å². The molecule has 0 fully saturated rings. The molecule has 6 aromatic rings. The molecule has 5 aromatic carbocycles. The second-order valence-electron chi connectivity index (χ2n) is 8.52. The van der Waals surface area contributed by atoms with Gasteiger partial charge >= 0.3 is 0 Å². The topological polar surface area (TPSA) is 15.8 Å². The lowest BCUT2D eigenvalue weighted by molar-refractivity contribution is 1.05. The Morgan fingerprint density at radius 3 is 1.71 bits per heavy atom. The van der Waals surface area contributed by atoms with Crippen LogP contribution in [0.25, 0.3) is 59.6 Å². The highest BCUT2D eigenvalue weighted by molar-refractivity contribution is 6.39. The third-order valence-corrected chi connectivity index (χ3v) is 6.85. The summed E-state index contributed by atoms with van der Waals surface area (Å²) in [5.41, 5.74) is 3.89. The molecule has 0 aliphatic heterocycles. The maximum absolute atomic E-state index is 3.86. The van der Waals surface area contributed by atoms with Gasteiger partial charge in [-0.05, 0) is 56.8 Å². The van der Waals surface area contributed by atoms with Crippen molar-refractivity contribution in [3.05, 3.63) is 103 Å². The fourth-order valence-electron chi connectivity index (χ4n) is 5.48. The number of benzene rings is 5. The maximum atomic E-state index is 3.86. The first kappa shape index (κ1) is 16.9. The van der Waals surface area contributed by atoms with Gasteiger partial charge in [0.05, 0.1) is 5.52 Å². The summed E-state index contributed by atoms with van der Waals surface area (Å²) in [5.74, 6) is 0. The SMILES string of the molecule is C1=CCCC(c2cc3c4ccccc4c4c5ccccc5c5ccccc5c4c3[nH]2)=C1. The first-order valence-electron chi connectivity index (χ1n) is 11.0. The van der Waals surface area contributed by atoms with Crippen LogP contribution in [-0.4, -0.2) is 4.98 Å². The molecule has 1 aliphatic carbocycles. The van der Waals surface area contributed by atoms with Crippen molar-refractivity contribution < 1.29 is 0 Å². The van der Waals surface area contributed by atoms with Crippen molar-refractivity contribution in [3.8, 4) is 0 Å². The molecule has 0 radical (unpaired) electrons. The number of aromatic amines is 1. The number of hydrogen-bond acceptors (Lipinski definition) is 0. The lowest BCUT2D eigenvalue weighted by Crippen LogP contribution is -1.88. The van der Waals surface area contributed by atoms with Crippen LogP contribution in [0.2, 0.25) is 0 Å². The molecule has 0 amide bonds. The molecule has 1 heteroatoms. The number of rotatable bonds is 1. The molecule has 0 unspecified atom stereocenters. The highest BCUT2D eigenvalue weighted by Gasteiger charge is 2.18. The summed E-state index contributed by atoms with van der Waals surface area (Å²) in [5, 5.41) is 11.9. The quantitative estimate of drug-likeness (QED) is 0.269. The molecule has 0 bridgehead atoms. The molecule has 0 saturated carbocycles. The lowest BCUT2D eigenvalue weighted by Gasteiger charge is -2.14. The minimum Gasteiger partial charge on any atom is -0.354 e. The maximum Gasteiger partial charge on any atom is 0.0551 e. The molecular weight excluding hydrogens is 374 g/mol. The Morgan fingerprint density at radius 2 is 1.13 bits per heavy atom. The summed E-state index contributed by atoms with van der Waals surface area (Å²) >= 11 is 0. The second-order valence-corrected chi connectivity index (χ2v) is 8.52. The van der Waals surface area contributed by atoms with Crippen molar-refractivity contribution in [1.82, 2.24) is 4.98 Å². The Bertz CT molecular complexity index is 1720. The lowest BCUT2D eigenvalue weighted by atomic mass is 9.89. The van der Waals surface area contributed by atoms with E-state index in [1.165, 1.54) is 65.3 Å². The molecule has 0 saturated heterocycles. The third kappa shape index (κ3) is 2.32. The van der Waals surface area contributed by atoms with Gasteiger partial charge < -0.3 is 4.98 Å². The van der Waals surface area contributed by atoms with Crippen molar-refractivity contribution in [2.45, 2.75) is 12.8 Å². The average molecular weight is 396 g/mol. The number of fused-ring (bicyclic) bond motifs is 11. The third-order valence-electron chi connectivity index (χ3n) is 6.85. The van der Waals surface area contributed by atoms with Gasteiger partial charge in [-0.25, -0.2) is 0 Å². The van der Waals surface area contributed by atoms with Crippen LogP contribution in [0.15, 0.2) is 97.1 Å². The van der Waals surface area contributed by atoms with Crippen LogP contribution >= 0.6 is 0 Å². The van der Waals surface area contributed by atoms with Crippen LogP contribution in [0.1, 0.15) is 18.5 Å². The standard InChI is InChI=1S/C30H21N/c1-2-10-19(11-3-1)27-18-26-22-14-6-8-16-24(22)28-23-15-7-4-12-20(23)21-13-5-9-17-25(21)29(28)30(26)31-27/h1-2,4-10,12-18,31H,3,11H2. The fraction of sp³-hybridized carbons (Fsp3) is 0.0667. The van der Waals surface area contributed by atoms with Gasteiger partial charge in [-0.1, -0.05) is 91.0 Å². The number of allylic oxidation sites excluding steroid dienone is 4. The normalized spacial score (nSPS) is 14.3.